The van der Waals surface area contributed by atoms with E-state index in [9.17, 15) is 13.2 Å². The predicted octanol–water partition coefficient (Wildman–Crippen LogP) is 1.78. The Hall–Kier alpha value is -1.66. The minimum atomic E-state index is -3.09. The second-order valence-electron chi connectivity index (χ2n) is 5.99. The average Bonchev–Trinajstić information content (AvgIpc) is 2.80. The summed E-state index contributed by atoms with van der Waals surface area (Å²) in [7, 11) is -3.09. The number of benzene rings is 1. The number of nitrogens with one attached hydrogen (secondary N) is 1. The molecule has 2 rings (SSSR count). The number of amides is 1. The lowest BCUT2D eigenvalue weighted by atomic mass is 10.0. The molecule has 5 nitrogen and oxygen atoms in total. The van der Waals surface area contributed by atoms with Crippen LogP contribution in [0.2, 0.25) is 0 Å². The molecule has 1 N–H and O–H groups in total. The summed E-state index contributed by atoms with van der Waals surface area (Å²) in [6, 6.07) is 4.16. The molecule has 0 aromatic heterocycles. The number of carbonyl (C=O) groups is 1. The second-order valence-corrected chi connectivity index (χ2v) is 8.07. The molecule has 1 heterocycles. The molecule has 1 aromatic carbocycles. The van der Waals surface area contributed by atoms with Crippen molar-refractivity contribution in [2.75, 3.05) is 25.4 Å². The Morgan fingerprint density at radius 2 is 1.91 bits per heavy atom. The Morgan fingerprint density at radius 3 is 2.57 bits per heavy atom. The summed E-state index contributed by atoms with van der Waals surface area (Å²) in [5, 5.41) is 2.73. The van der Waals surface area contributed by atoms with E-state index in [1.54, 1.807) is 6.08 Å². The van der Waals surface area contributed by atoms with Gasteiger partial charge in [0.2, 0.25) is 15.9 Å². The van der Waals surface area contributed by atoms with Crippen LogP contribution in [0.3, 0.4) is 0 Å². The van der Waals surface area contributed by atoms with Gasteiger partial charge in [-0.3, -0.25) is 4.79 Å². The van der Waals surface area contributed by atoms with Crippen LogP contribution in [0.25, 0.3) is 6.08 Å². The molecule has 1 aromatic rings. The zero-order valence-corrected chi connectivity index (χ0v) is 14.7. The Kier molecular flexibility index (Phi) is 5.59. The summed E-state index contributed by atoms with van der Waals surface area (Å²) in [6.45, 7) is 7.34. The molecule has 1 fully saturated rings. The van der Waals surface area contributed by atoms with Gasteiger partial charge < -0.3 is 5.32 Å². The molecular formula is C17H24N2O3S. The predicted molar refractivity (Wildman–Crippen MR) is 92.7 cm³/mol. The maximum atomic E-state index is 11.8. The molecule has 126 valence electrons. The molecule has 0 saturated carbocycles. The number of rotatable bonds is 5. The number of hydrogen-bond donors (Lipinski definition) is 1. The topological polar surface area (TPSA) is 66.5 Å². The van der Waals surface area contributed by atoms with E-state index in [1.165, 1.54) is 21.5 Å². The first-order valence-corrected chi connectivity index (χ1v) is 9.42. The molecular weight excluding hydrogens is 312 g/mol. The van der Waals surface area contributed by atoms with Crippen molar-refractivity contribution in [2.24, 2.45) is 0 Å². The highest BCUT2D eigenvalue weighted by molar-refractivity contribution is 7.89. The van der Waals surface area contributed by atoms with E-state index in [4.69, 9.17) is 0 Å². The molecule has 0 spiro atoms. The zero-order chi connectivity index (χ0) is 17.0. The van der Waals surface area contributed by atoms with Gasteiger partial charge in [-0.05, 0) is 55.5 Å². The van der Waals surface area contributed by atoms with Gasteiger partial charge in [-0.2, -0.15) is 0 Å². The van der Waals surface area contributed by atoms with Crippen molar-refractivity contribution >= 4 is 22.0 Å². The van der Waals surface area contributed by atoms with E-state index in [1.807, 2.05) is 13.8 Å². The van der Waals surface area contributed by atoms with Crippen LogP contribution in [-0.4, -0.2) is 44.0 Å². The first-order valence-electron chi connectivity index (χ1n) is 7.81. The van der Waals surface area contributed by atoms with Gasteiger partial charge in [0.15, 0.2) is 0 Å². The largest absolute Gasteiger partial charge is 0.351 e. The Bertz CT molecular complexity index is 724. The van der Waals surface area contributed by atoms with Crippen molar-refractivity contribution in [3.8, 4) is 0 Å². The molecule has 1 saturated heterocycles. The second kappa shape index (κ2) is 7.27. The van der Waals surface area contributed by atoms with Crippen molar-refractivity contribution in [3.63, 3.8) is 0 Å². The highest BCUT2D eigenvalue weighted by Crippen LogP contribution is 2.16. The van der Waals surface area contributed by atoms with Gasteiger partial charge in [0, 0.05) is 25.7 Å². The fourth-order valence-electron chi connectivity index (χ4n) is 2.63. The third-order valence-electron chi connectivity index (χ3n) is 4.16. The van der Waals surface area contributed by atoms with E-state index in [2.05, 4.69) is 24.4 Å². The quantitative estimate of drug-likeness (QED) is 0.834. The molecule has 23 heavy (non-hydrogen) atoms. The van der Waals surface area contributed by atoms with E-state index in [-0.39, 0.29) is 11.7 Å². The number of carbonyl (C=O) groups excluding carboxylic acids is 1. The van der Waals surface area contributed by atoms with Crippen LogP contribution in [0.1, 0.15) is 28.7 Å². The van der Waals surface area contributed by atoms with Gasteiger partial charge in [0.05, 0.1) is 5.75 Å². The molecule has 0 bridgehead atoms. The highest BCUT2D eigenvalue weighted by Gasteiger charge is 2.27. The van der Waals surface area contributed by atoms with Crippen LogP contribution in [-0.2, 0) is 14.8 Å². The Balaban J connectivity index is 1.86. The fraction of sp³-hybridized carbons (Fsp3) is 0.471. The van der Waals surface area contributed by atoms with E-state index < -0.39 is 10.0 Å². The normalized spacial score (nSPS) is 17.7. The number of aryl methyl sites for hydroxylation is 3. The maximum absolute atomic E-state index is 11.8. The number of hydrogen-bond acceptors (Lipinski definition) is 3. The molecule has 1 amide bonds. The van der Waals surface area contributed by atoms with Crippen molar-refractivity contribution in [1.82, 2.24) is 9.62 Å². The summed E-state index contributed by atoms with van der Waals surface area (Å²) in [6.07, 6.45) is 3.96. The maximum Gasteiger partial charge on any atom is 0.244 e. The first-order chi connectivity index (χ1) is 10.8. The van der Waals surface area contributed by atoms with E-state index in [0.29, 0.717) is 26.1 Å². The van der Waals surface area contributed by atoms with Gasteiger partial charge in [0.25, 0.3) is 0 Å². The van der Waals surface area contributed by atoms with E-state index >= 15 is 0 Å². The van der Waals surface area contributed by atoms with Crippen molar-refractivity contribution < 1.29 is 13.2 Å². The monoisotopic (exact) mass is 336 g/mol. The highest BCUT2D eigenvalue weighted by atomic mass is 32.2. The molecule has 1 aliphatic heterocycles. The van der Waals surface area contributed by atoms with Gasteiger partial charge >= 0.3 is 0 Å². The fourth-order valence-corrected chi connectivity index (χ4v) is 4.16. The minimum absolute atomic E-state index is 0.209. The summed E-state index contributed by atoms with van der Waals surface area (Å²) in [5.41, 5.74) is 4.57. The minimum Gasteiger partial charge on any atom is -0.351 e. The summed E-state index contributed by atoms with van der Waals surface area (Å²) in [5.74, 6) is 0.00613. The molecule has 0 unspecified atom stereocenters. The van der Waals surface area contributed by atoms with Crippen molar-refractivity contribution in [1.29, 1.82) is 0 Å². The summed E-state index contributed by atoms with van der Waals surface area (Å²) in [4.78, 5) is 11.8. The zero-order valence-electron chi connectivity index (χ0n) is 13.9. The SMILES string of the molecule is Cc1cc(C)c(/C=C/C(=O)NCCN2CCCS2(=O)=O)cc1C. The lowest BCUT2D eigenvalue weighted by Crippen LogP contribution is -2.35. The van der Waals surface area contributed by atoms with Crippen molar-refractivity contribution in [2.45, 2.75) is 27.2 Å². The van der Waals surface area contributed by atoms with Gasteiger partial charge in [-0.25, -0.2) is 12.7 Å². The standard InChI is InChI=1S/C17H24N2O3S/c1-13-11-15(3)16(12-14(13)2)5-6-17(20)18-7-9-19-8-4-10-23(19,21)22/h5-6,11-12H,4,7-10H2,1-3H3,(H,18,20)/b6-5+. The van der Waals surface area contributed by atoms with Gasteiger partial charge in [0.1, 0.15) is 0 Å². The molecule has 1 aliphatic rings. The summed E-state index contributed by atoms with van der Waals surface area (Å²) >= 11 is 0. The van der Waals surface area contributed by atoms with Crippen LogP contribution in [0.5, 0.6) is 0 Å². The van der Waals surface area contributed by atoms with Crippen molar-refractivity contribution in [3.05, 3.63) is 40.5 Å². The van der Waals surface area contributed by atoms with Gasteiger partial charge in [-0.15, -0.1) is 0 Å². The number of nitrogens with zero attached hydrogens (tertiary/aromatic N) is 1. The van der Waals surface area contributed by atoms with Gasteiger partial charge in [-0.1, -0.05) is 12.1 Å². The summed E-state index contributed by atoms with van der Waals surface area (Å²) < 4.78 is 24.7. The smallest absolute Gasteiger partial charge is 0.244 e. The third kappa shape index (κ3) is 4.65. The molecule has 0 radical (unpaired) electrons. The molecule has 6 heteroatoms. The van der Waals surface area contributed by atoms with Crippen LogP contribution in [0.15, 0.2) is 18.2 Å². The number of sulfonamides is 1. The lowest BCUT2D eigenvalue weighted by molar-refractivity contribution is -0.116. The Morgan fingerprint density at radius 1 is 1.22 bits per heavy atom. The van der Waals surface area contributed by atoms with Crippen LogP contribution in [0.4, 0.5) is 0 Å². The van der Waals surface area contributed by atoms with Crippen LogP contribution < -0.4 is 5.32 Å². The molecule has 0 aliphatic carbocycles. The average molecular weight is 336 g/mol. The van der Waals surface area contributed by atoms with Crippen LogP contribution >= 0.6 is 0 Å². The van der Waals surface area contributed by atoms with Crippen LogP contribution in [0, 0.1) is 20.8 Å². The lowest BCUT2D eigenvalue weighted by Gasteiger charge is -2.13. The van der Waals surface area contributed by atoms with E-state index in [0.717, 1.165) is 11.1 Å². The Labute approximate surface area is 138 Å². The third-order valence-corrected chi connectivity index (χ3v) is 6.12. The first kappa shape index (κ1) is 17.7. The molecule has 0 atom stereocenters.